The second-order valence-corrected chi connectivity index (χ2v) is 3.52. The molecule has 0 bridgehead atoms. The number of benzene rings is 1. The van der Waals surface area contributed by atoms with Crippen molar-refractivity contribution < 1.29 is 13.5 Å². The minimum Gasteiger partial charge on any atom is -0.484 e. The molecule has 0 fully saturated rings. The molecule has 0 saturated heterocycles. The Morgan fingerprint density at radius 3 is 2.89 bits per heavy atom. The highest BCUT2D eigenvalue weighted by Crippen LogP contribution is 2.20. The highest BCUT2D eigenvalue weighted by atomic mass is 19.2. The molecule has 1 heterocycles. The van der Waals surface area contributed by atoms with Crippen LogP contribution in [0.2, 0.25) is 0 Å². The monoisotopic (exact) mass is 251 g/mol. The molecule has 3 N–H and O–H groups in total. The Balaban J connectivity index is 2.09. The minimum atomic E-state index is -1.01. The van der Waals surface area contributed by atoms with Gasteiger partial charge in [-0.05, 0) is 24.3 Å². The molecule has 0 radical (unpaired) electrons. The number of ether oxygens (including phenoxy) is 1. The molecular formula is C12H11F2N3O. The second-order valence-electron chi connectivity index (χ2n) is 3.52. The van der Waals surface area contributed by atoms with Crippen molar-refractivity contribution in [1.82, 2.24) is 4.98 Å². The highest BCUT2D eigenvalue weighted by Gasteiger charge is 2.09. The van der Waals surface area contributed by atoms with Gasteiger partial charge in [0.1, 0.15) is 6.61 Å². The van der Waals surface area contributed by atoms with Gasteiger partial charge in [0.25, 0.3) is 0 Å². The maximum absolute atomic E-state index is 13.3. The van der Waals surface area contributed by atoms with Gasteiger partial charge in [-0.1, -0.05) is 6.07 Å². The minimum absolute atomic E-state index is 0.0237. The Kier molecular flexibility index (Phi) is 3.69. The van der Waals surface area contributed by atoms with Crippen LogP contribution in [0.3, 0.4) is 0 Å². The third-order valence-electron chi connectivity index (χ3n) is 2.27. The van der Waals surface area contributed by atoms with Crippen molar-refractivity contribution in [1.29, 1.82) is 0 Å². The zero-order valence-electron chi connectivity index (χ0n) is 9.36. The number of nitrogens with one attached hydrogen (secondary N) is 1. The predicted molar refractivity (Wildman–Crippen MR) is 62.7 cm³/mol. The van der Waals surface area contributed by atoms with E-state index in [9.17, 15) is 8.78 Å². The molecule has 0 aliphatic rings. The first-order valence-corrected chi connectivity index (χ1v) is 5.19. The van der Waals surface area contributed by atoms with E-state index >= 15 is 0 Å². The van der Waals surface area contributed by atoms with E-state index in [1.165, 1.54) is 18.3 Å². The summed E-state index contributed by atoms with van der Waals surface area (Å²) in [6.07, 6.45) is 1.54. The number of hydrogen-bond acceptors (Lipinski definition) is 4. The van der Waals surface area contributed by atoms with E-state index in [4.69, 9.17) is 10.6 Å². The number of nitrogens with two attached hydrogens (primary N) is 1. The third-order valence-corrected chi connectivity index (χ3v) is 2.27. The zero-order valence-corrected chi connectivity index (χ0v) is 9.36. The predicted octanol–water partition coefficient (Wildman–Crippen LogP) is 2.22. The number of nitrogen functional groups attached to an aromatic ring is 1. The lowest BCUT2D eigenvalue weighted by molar-refractivity contribution is 0.280. The fourth-order valence-electron chi connectivity index (χ4n) is 1.39. The van der Waals surface area contributed by atoms with Gasteiger partial charge in [-0.3, -0.25) is 10.8 Å². The van der Waals surface area contributed by atoms with Crippen LogP contribution in [0.1, 0.15) is 5.69 Å². The molecule has 0 unspecified atom stereocenters. The molecule has 2 aromatic rings. The standard InChI is InChI=1S/C12H11F2N3O/c13-10-2-1-3-11(12(10)14)18-7-9-6-8(17-15)4-5-16-9/h1-6H,7,15H2,(H,16,17). The number of anilines is 1. The quantitative estimate of drug-likeness (QED) is 0.646. The first kappa shape index (κ1) is 12.3. The Labute approximate surface area is 102 Å². The van der Waals surface area contributed by atoms with E-state index in [1.54, 1.807) is 12.1 Å². The fourth-order valence-corrected chi connectivity index (χ4v) is 1.39. The van der Waals surface area contributed by atoms with Gasteiger partial charge in [0.05, 0.1) is 11.4 Å². The Morgan fingerprint density at radius 1 is 1.28 bits per heavy atom. The molecule has 0 amide bonds. The molecule has 1 aromatic carbocycles. The number of hydrazine groups is 1. The van der Waals surface area contributed by atoms with Crippen LogP contribution < -0.4 is 16.0 Å². The summed E-state index contributed by atoms with van der Waals surface area (Å²) in [5.41, 5.74) is 3.66. The second kappa shape index (κ2) is 5.42. The van der Waals surface area contributed by atoms with E-state index in [0.717, 1.165) is 6.07 Å². The number of nitrogens with zero attached hydrogens (tertiary/aromatic N) is 1. The molecular weight excluding hydrogens is 240 g/mol. The van der Waals surface area contributed by atoms with Crippen molar-refractivity contribution in [3.8, 4) is 5.75 Å². The van der Waals surface area contributed by atoms with Crippen molar-refractivity contribution in [3.63, 3.8) is 0 Å². The zero-order chi connectivity index (χ0) is 13.0. The molecule has 6 heteroatoms. The summed E-state index contributed by atoms with van der Waals surface area (Å²) in [7, 11) is 0. The fraction of sp³-hybridized carbons (Fsp3) is 0.0833. The first-order chi connectivity index (χ1) is 8.70. The molecule has 0 saturated carbocycles. The van der Waals surface area contributed by atoms with Gasteiger partial charge in [-0.25, -0.2) is 4.39 Å². The van der Waals surface area contributed by atoms with E-state index in [-0.39, 0.29) is 12.4 Å². The van der Waals surface area contributed by atoms with E-state index in [1.807, 2.05) is 0 Å². The Morgan fingerprint density at radius 2 is 2.11 bits per heavy atom. The first-order valence-electron chi connectivity index (χ1n) is 5.19. The van der Waals surface area contributed by atoms with Crippen LogP contribution in [0.25, 0.3) is 0 Å². The van der Waals surface area contributed by atoms with Crippen LogP contribution in [-0.2, 0) is 6.61 Å². The summed E-state index contributed by atoms with van der Waals surface area (Å²) in [6, 6.07) is 7.07. The van der Waals surface area contributed by atoms with Gasteiger partial charge in [0.15, 0.2) is 11.6 Å². The number of rotatable bonds is 4. The lowest BCUT2D eigenvalue weighted by Crippen LogP contribution is -2.08. The summed E-state index contributed by atoms with van der Waals surface area (Å²) < 4.78 is 31.4. The lowest BCUT2D eigenvalue weighted by Gasteiger charge is -2.08. The molecule has 4 nitrogen and oxygen atoms in total. The number of pyridine rings is 1. The van der Waals surface area contributed by atoms with Gasteiger partial charge >= 0.3 is 0 Å². The maximum Gasteiger partial charge on any atom is 0.200 e. The van der Waals surface area contributed by atoms with Crippen LogP contribution in [0.5, 0.6) is 5.75 Å². The molecule has 0 aliphatic heterocycles. The van der Waals surface area contributed by atoms with Crippen molar-refractivity contribution in [2.45, 2.75) is 6.61 Å². The van der Waals surface area contributed by atoms with Gasteiger partial charge < -0.3 is 10.2 Å². The van der Waals surface area contributed by atoms with Crippen LogP contribution in [-0.4, -0.2) is 4.98 Å². The maximum atomic E-state index is 13.3. The number of aromatic nitrogens is 1. The molecule has 0 atom stereocenters. The van der Waals surface area contributed by atoms with Crippen molar-refractivity contribution >= 4 is 5.69 Å². The molecule has 94 valence electrons. The van der Waals surface area contributed by atoms with Gasteiger partial charge in [-0.15, -0.1) is 0 Å². The SMILES string of the molecule is NNc1ccnc(COc2cccc(F)c2F)c1. The smallest absolute Gasteiger partial charge is 0.200 e. The molecule has 2 rings (SSSR count). The van der Waals surface area contributed by atoms with Crippen LogP contribution in [0.15, 0.2) is 36.5 Å². The average Bonchev–Trinajstić information content (AvgIpc) is 2.41. The Hall–Kier alpha value is -2.21. The van der Waals surface area contributed by atoms with Crippen molar-refractivity contribution in [3.05, 3.63) is 53.9 Å². The lowest BCUT2D eigenvalue weighted by atomic mass is 10.3. The summed E-state index contributed by atoms with van der Waals surface area (Å²) in [4.78, 5) is 4.02. The van der Waals surface area contributed by atoms with E-state index in [2.05, 4.69) is 10.4 Å². The summed E-state index contributed by atoms with van der Waals surface area (Å²) in [5.74, 6) is 3.14. The van der Waals surface area contributed by atoms with Crippen LogP contribution in [0, 0.1) is 11.6 Å². The molecule has 0 spiro atoms. The molecule has 0 aliphatic carbocycles. The number of hydrogen-bond donors (Lipinski definition) is 2. The van der Waals surface area contributed by atoms with Crippen LogP contribution in [0.4, 0.5) is 14.5 Å². The summed E-state index contributed by atoms with van der Waals surface area (Å²) in [6.45, 7) is 0.0237. The largest absolute Gasteiger partial charge is 0.484 e. The highest BCUT2D eigenvalue weighted by molar-refractivity contribution is 5.41. The number of halogens is 2. The van der Waals surface area contributed by atoms with Gasteiger partial charge in [-0.2, -0.15) is 4.39 Å². The summed E-state index contributed by atoms with van der Waals surface area (Å²) >= 11 is 0. The van der Waals surface area contributed by atoms with Gasteiger partial charge in [0.2, 0.25) is 5.82 Å². The van der Waals surface area contributed by atoms with E-state index in [0.29, 0.717) is 11.4 Å². The topological polar surface area (TPSA) is 60.2 Å². The molecule has 18 heavy (non-hydrogen) atoms. The Bertz CT molecular complexity index is 549. The summed E-state index contributed by atoms with van der Waals surface area (Å²) in [5, 5.41) is 0. The molecule has 1 aromatic heterocycles. The van der Waals surface area contributed by atoms with Crippen molar-refractivity contribution in [2.24, 2.45) is 5.84 Å². The average molecular weight is 251 g/mol. The van der Waals surface area contributed by atoms with Gasteiger partial charge in [0, 0.05) is 6.20 Å². The van der Waals surface area contributed by atoms with Crippen molar-refractivity contribution in [2.75, 3.05) is 5.43 Å². The normalized spacial score (nSPS) is 10.2. The van der Waals surface area contributed by atoms with E-state index < -0.39 is 11.6 Å². The van der Waals surface area contributed by atoms with Crippen LogP contribution >= 0.6 is 0 Å². The third kappa shape index (κ3) is 2.72.